The first kappa shape index (κ1) is 20.6. The summed E-state index contributed by atoms with van der Waals surface area (Å²) >= 11 is 3.38. The fourth-order valence-electron chi connectivity index (χ4n) is 4.09. The van der Waals surface area contributed by atoms with Crippen LogP contribution in [0.25, 0.3) is 0 Å². The topological polar surface area (TPSA) is 59.9 Å². The highest BCUT2D eigenvalue weighted by Gasteiger charge is 2.26. The number of hydrogen-bond donors (Lipinski definition) is 1. The van der Waals surface area contributed by atoms with Gasteiger partial charge in [-0.05, 0) is 37.4 Å². The first-order valence-electron chi connectivity index (χ1n) is 10.6. The molecule has 0 bridgehead atoms. The second kappa shape index (κ2) is 9.86. The molecule has 2 aliphatic heterocycles. The number of likely N-dealkylation sites (tertiary alicyclic amines) is 1. The van der Waals surface area contributed by atoms with Crippen molar-refractivity contribution in [3.63, 3.8) is 0 Å². The summed E-state index contributed by atoms with van der Waals surface area (Å²) in [5.74, 6) is 1.96. The number of aryl methyl sites for hydroxylation is 1. The molecule has 0 saturated carbocycles. The standard InChI is InChI=1S/C20H31N7S2/c1-3-18-23-20(29-24-18)27-12-10-26(11-13-27)19(21-2)22-15-16(17-7-6-14-28-17)25-8-4-5-9-25/h6-7,14,16H,3-5,8-13,15H2,1-2H3,(H,21,22). The first-order valence-corrected chi connectivity index (χ1v) is 12.2. The lowest BCUT2D eigenvalue weighted by molar-refractivity contribution is 0.246. The summed E-state index contributed by atoms with van der Waals surface area (Å²) in [5, 5.41) is 6.91. The average molecular weight is 434 g/mol. The molecule has 2 aromatic heterocycles. The lowest BCUT2D eigenvalue weighted by Gasteiger charge is -2.37. The van der Waals surface area contributed by atoms with Gasteiger partial charge in [-0.2, -0.15) is 4.37 Å². The van der Waals surface area contributed by atoms with E-state index in [1.165, 1.54) is 42.3 Å². The highest BCUT2D eigenvalue weighted by Crippen LogP contribution is 2.28. The highest BCUT2D eigenvalue weighted by molar-refractivity contribution is 7.10. The van der Waals surface area contributed by atoms with Crippen LogP contribution in [-0.4, -0.2) is 78.0 Å². The molecule has 0 spiro atoms. The molecule has 2 fully saturated rings. The lowest BCUT2D eigenvalue weighted by Crippen LogP contribution is -2.53. The number of aromatic nitrogens is 2. The van der Waals surface area contributed by atoms with Gasteiger partial charge in [0.25, 0.3) is 0 Å². The molecule has 1 atom stereocenters. The van der Waals surface area contributed by atoms with Crippen LogP contribution in [0.3, 0.4) is 0 Å². The largest absolute Gasteiger partial charge is 0.354 e. The summed E-state index contributed by atoms with van der Waals surface area (Å²) in [7, 11) is 1.89. The van der Waals surface area contributed by atoms with Gasteiger partial charge in [-0.15, -0.1) is 11.3 Å². The van der Waals surface area contributed by atoms with Gasteiger partial charge < -0.3 is 15.1 Å². The Morgan fingerprint density at radius 1 is 1.21 bits per heavy atom. The van der Waals surface area contributed by atoms with E-state index < -0.39 is 0 Å². The second-order valence-corrected chi connectivity index (χ2v) is 9.23. The van der Waals surface area contributed by atoms with E-state index in [9.17, 15) is 0 Å². The molecular weight excluding hydrogens is 402 g/mol. The van der Waals surface area contributed by atoms with Crippen molar-refractivity contribution in [3.8, 4) is 0 Å². The molecule has 2 aromatic rings. The third-order valence-corrected chi connectivity index (χ3v) is 7.53. The molecule has 4 heterocycles. The number of anilines is 1. The van der Waals surface area contributed by atoms with Gasteiger partial charge in [0.1, 0.15) is 5.82 Å². The number of rotatable bonds is 6. The summed E-state index contributed by atoms with van der Waals surface area (Å²) in [6, 6.07) is 4.86. The fraction of sp³-hybridized carbons (Fsp3) is 0.650. The monoisotopic (exact) mass is 433 g/mol. The smallest absolute Gasteiger partial charge is 0.205 e. The van der Waals surface area contributed by atoms with Gasteiger partial charge in [0.15, 0.2) is 5.96 Å². The van der Waals surface area contributed by atoms with Crippen LogP contribution in [0.4, 0.5) is 5.13 Å². The molecule has 1 unspecified atom stereocenters. The van der Waals surface area contributed by atoms with Crippen molar-refractivity contribution in [2.45, 2.75) is 32.2 Å². The number of aliphatic imine (C=N–C) groups is 1. The Labute approximate surface area is 181 Å². The minimum absolute atomic E-state index is 0.435. The summed E-state index contributed by atoms with van der Waals surface area (Å²) in [5.41, 5.74) is 0. The van der Waals surface area contributed by atoms with E-state index in [0.29, 0.717) is 6.04 Å². The van der Waals surface area contributed by atoms with Crippen LogP contribution >= 0.6 is 22.9 Å². The molecule has 0 amide bonds. The van der Waals surface area contributed by atoms with E-state index >= 15 is 0 Å². The molecule has 4 rings (SSSR count). The Kier molecular flexibility index (Phi) is 6.99. The SMILES string of the molecule is CCc1nsc(N2CCN(C(=NC)NCC(c3cccs3)N3CCCC3)CC2)n1. The second-order valence-electron chi connectivity index (χ2n) is 7.52. The number of hydrogen-bond acceptors (Lipinski definition) is 7. The van der Waals surface area contributed by atoms with E-state index in [1.54, 1.807) is 0 Å². The summed E-state index contributed by atoms with van der Waals surface area (Å²) in [6.07, 6.45) is 3.52. The zero-order chi connectivity index (χ0) is 20.1. The van der Waals surface area contributed by atoms with Crippen LogP contribution in [0.2, 0.25) is 0 Å². The predicted molar refractivity (Wildman–Crippen MR) is 122 cm³/mol. The van der Waals surface area contributed by atoms with Gasteiger partial charge in [-0.25, -0.2) is 4.98 Å². The van der Waals surface area contributed by atoms with Gasteiger partial charge in [-0.3, -0.25) is 9.89 Å². The Balaban J connectivity index is 1.33. The van der Waals surface area contributed by atoms with Crippen molar-refractivity contribution in [2.24, 2.45) is 4.99 Å². The normalized spacial score (nSPS) is 19.7. The van der Waals surface area contributed by atoms with Crippen LogP contribution < -0.4 is 10.2 Å². The van der Waals surface area contributed by atoms with Crippen LogP contribution in [0.1, 0.15) is 36.5 Å². The van der Waals surface area contributed by atoms with Crippen molar-refractivity contribution in [1.29, 1.82) is 0 Å². The Bertz CT molecular complexity index is 775. The summed E-state index contributed by atoms with van der Waals surface area (Å²) in [4.78, 5) is 18.0. The maximum absolute atomic E-state index is 4.64. The maximum Gasteiger partial charge on any atom is 0.205 e. The third-order valence-electron chi connectivity index (χ3n) is 5.74. The van der Waals surface area contributed by atoms with Gasteiger partial charge in [0, 0.05) is 62.6 Å². The molecule has 2 aliphatic rings. The average Bonchev–Trinajstić information content (AvgIpc) is 3.54. The molecule has 29 heavy (non-hydrogen) atoms. The van der Waals surface area contributed by atoms with Crippen LogP contribution in [0, 0.1) is 0 Å². The predicted octanol–water partition coefficient (Wildman–Crippen LogP) is 2.70. The lowest BCUT2D eigenvalue weighted by atomic mass is 10.2. The molecule has 0 radical (unpaired) electrons. The van der Waals surface area contributed by atoms with E-state index in [-0.39, 0.29) is 0 Å². The van der Waals surface area contributed by atoms with Gasteiger partial charge >= 0.3 is 0 Å². The van der Waals surface area contributed by atoms with Gasteiger partial charge in [-0.1, -0.05) is 13.0 Å². The van der Waals surface area contributed by atoms with Crippen molar-refractivity contribution >= 4 is 34.0 Å². The van der Waals surface area contributed by atoms with Crippen molar-refractivity contribution in [3.05, 3.63) is 28.2 Å². The Hall–Kier alpha value is -1.71. The van der Waals surface area contributed by atoms with Crippen LogP contribution in [0.5, 0.6) is 0 Å². The molecule has 0 aliphatic carbocycles. The number of guanidine groups is 1. The minimum Gasteiger partial charge on any atom is -0.354 e. The zero-order valence-electron chi connectivity index (χ0n) is 17.4. The first-order chi connectivity index (χ1) is 14.3. The summed E-state index contributed by atoms with van der Waals surface area (Å²) in [6.45, 7) is 9.22. The molecular formula is C20H31N7S2. The van der Waals surface area contributed by atoms with E-state index in [0.717, 1.165) is 56.1 Å². The number of thiophene rings is 1. The minimum atomic E-state index is 0.435. The number of nitrogens with zero attached hydrogens (tertiary/aromatic N) is 6. The fourth-order valence-corrected chi connectivity index (χ4v) is 5.75. The molecule has 7 nitrogen and oxygen atoms in total. The van der Waals surface area contributed by atoms with Crippen molar-refractivity contribution in [2.75, 3.05) is 57.8 Å². The molecule has 158 valence electrons. The Morgan fingerprint density at radius 2 is 2.00 bits per heavy atom. The number of nitrogens with one attached hydrogen (secondary N) is 1. The van der Waals surface area contributed by atoms with E-state index in [2.05, 4.69) is 58.8 Å². The number of piperazine rings is 1. The van der Waals surface area contributed by atoms with Gasteiger partial charge in [0.05, 0.1) is 6.04 Å². The zero-order valence-corrected chi connectivity index (χ0v) is 19.0. The van der Waals surface area contributed by atoms with E-state index in [1.807, 2.05) is 18.4 Å². The maximum atomic E-state index is 4.64. The van der Waals surface area contributed by atoms with Crippen LogP contribution in [-0.2, 0) is 6.42 Å². The highest BCUT2D eigenvalue weighted by atomic mass is 32.1. The van der Waals surface area contributed by atoms with Gasteiger partial charge in [0.2, 0.25) is 5.13 Å². The van der Waals surface area contributed by atoms with Crippen LogP contribution in [0.15, 0.2) is 22.5 Å². The third kappa shape index (κ3) is 4.90. The molecule has 2 saturated heterocycles. The summed E-state index contributed by atoms with van der Waals surface area (Å²) < 4.78 is 4.43. The Morgan fingerprint density at radius 3 is 2.62 bits per heavy atom. The molecule has 1 N–H and O–H groups in total. The quantitative estimate of drug-likeness (QED) is 0.558. The van der Waals surface area contributed by atoms with Crippen molar-refractivity contribution in [1.82, 2.24) is 24.5 Å². The van der Waals surface area contributed by atoms with Crippen molar-refractivity contribution < 1.29 is 0 Å². The van der Waals surface area contributed by atoms with E-state index in [4.69, 9.17) is 0 Å². The molecule has 9 heteroatoms. The molecule has 0 aromatic carbocycles.